The van der Waals surface area contributed by atoms with Gasteiger partial charge in [0, 0.05) is 0 Å². The van der Waals surface area contributed by atoms with Gasteiger partial charge in [0.05, 0.1) is 0 Å². The third kappa shape index (κ3) is 2.18. The summed E-state index contributed by atoms with van der Waals surface area (Å²) in [6, 6.07) is 4.26. The van der Waals surface area contributed by atoms with Crippen LogP contribution >= 0.6 is 0 Å². The van der Waals surface area contributed by atoms with Crippen LogP contribution in [0.15, 0.2) is 12.1 Å². The normalized spacial score (nSPS) is 23.6. The first-order valence-electron chi connectivity index (χ1n) is 6.96. The lowest BCUT2D eigenvalue weighted by molar-refractivity contribution is -0.120. The van der Waals surface area contributed by atoms with Crippen molar-refractivity contribution < 1.29 is 9.53 Å². The molecule has 0 N–H and O–H groups in total. The molecule has 0 saturated carbocycles. The highest BCUT2D eigenvalue weighted by atomic mass is 16.5. The Balaban J connectivity index is 2.68. The summed E-state index contributed by atoms with van der Waals surface area (Å²) in [5.74, 6) is 1.29. The van der Waals surface area contributed by atoms with Crippen LogP contribution < -0.4 is 4.74 Å². The van der Waals surface area contributed by atoms with Gasteiger partial charge in [0.2, 0.25) is 0 Å². The lowest BCUT2D eigenvalue weighted by atomic mass is 9.58. The summed E-state index contributed by atoms with van der Waals surface area (Å²) in [6.07, 6.45) is 1.18. The van der Waals surface area contributed by atoms with E-state index in [1.54, 1.807) is 0 Å². The second-order valence-corrected chi connectivity index (χ2v) is 7.09. The molecule has 1 aromatic rings. The summed E-state index contributed by atoms with van der Waals surface area (Å²) in [4.78, 5) is 10.6. The maximum absolute atomic E-state index is 10.6. The van der Waals surface area contributed by atoms with E-state index in [0.29, 0.717) is 18.1 Å². The van der Waals surface area contributed by atoms with E-state index in [2.05, 4.69) is 46.8 Å². The summed E-state index contributed by atoms with van der Waals surface area (Å²) in [6.45, 7) is 14.0. The zero-order chi connectivity index (χ0) is 14.4. The Labute approximate surface area is 116 Å². The van der Waals surface area contributed by atoms with Gasteiger partial charge >= 0.3 is 0 Å². The summed E-state index contributed by atoms with van der Waals surface area (Å²) in [7, 11) is 0. The monoisotopic (exact) mass is 260 g/mol. The molecule has 2 nitrogen and oxygen atoms in total. The molecule has 1 aliphatic carbocycles. The highest BCUT2D eigenvalue weighted by Gasteiger charge is 2.42. The Morgan fingerprint density at radius 2 is 1.84 bits per heavy atom. The molecule has 0 bridgehead atoms. The fourth-order valence-electron chi connectivity index (χ4n) is 3.36. The summed E-state index contributed by atoms with van der Waals surface area (Å²) >= 11 is 0. The lowest BCUT2D eigenvalue weighted by Crippen LogP contribution is -2.40. The van der Waals surface area contributed by atoms with Gasteiger partial charge in [0.15, 0.2) is 0 Å². The quantitative estimate of drug-likeness (QED) is 0.747. The Hall–Kier alpha value is -1.31. The largest absolute Gasteiger partial charge is 0.428 e. The van der Waals surface area contributed by atoms with Crippen molar-refractivity contribution in [2.75, 3.05) is 0 Å². The average molecular weight is 260 g/mol. The molecule has 0 amide bonds. The molecule has 2 rings (SSSR count). The number of carbonyl (C=O) groups excluding carboxylic acids is 1. The van der Waals surface area contributed by atoms with E-state index in [9.17, 15) is 4.79 Å². The van der Waals surface area contributed by atoms with Crippen molar-refractivity contribution in [2.45, 2.75) is 58.8 Å². The van der Waals surface area contributed by atoms with Crippen LogP contribution in [0.2, 0.25) is 0 Å². The first-order chi connectivity index (χ1) is 8.70. The molecule has 0 heterocycles. The zero-order valence-corrected chi connectivity index (χ0v) is 12.8. The van der Waals surface area contributed by atoms with E-state index in [4.69, 9.17) is 4.74 Å². The molecule has 0 aromatic heterocycles. The number of carbonyl (C=O) groups is 1. The Kier molecular flexibility index (Phi) is 3.24. The Bertz CT molecular complexity index is 512. The number of rotatable bonds is 2. The number of benzene rings is 1. The Morgan fingerprint density at radius 3 is 2.42 bits per heavy atom. The third-order valence-electron chi connectivity index (χ3n) is 4.96. The molecule has 1 unspecified atom stereocenters. The zero-order valence-electron chi connectivity index (χ0n) is 12.8. The second-order valence-electron chi connectivity index (χ2n) is 7.09. The predicted octanol–water partition coefficient (Wildman–Crippen LogP) is 4.13. The second kappa shape index (κ2) is 4.36. The molecule has 0 spiro atoms. The molecule has 1 aromatic carbocycles. The molecule has 0 fully saturated rings. The van der Waals surface area contributed by atoms with Gasteiger partial charge in [-0.25, -0.2) is 0 Å². The van der Waals surface area contributed by atoms with Crippen LogP contribution in [-0.4, -0.2) is 6.47 Å². The van der Waals surface area contributed by atoms with Crippen LogP contribution in [0.3, 0.4) is 0 Å². The van der Waals surface area contributed by atoms with Gasteiger partial charge < -0.3 is 4.74 Å². The minimum atomic E-state index is 0.111. The number of aryl methyl sites for hydroxylation is 1. The highest BCUT2D eigenvalue weighted by Crippen LogP contribution is 2.50. The van der Waals surface area contributed by atoms with E-state index >= 15 is 0 Å². The molecular weight excluding hydrogens is 236 g/mol. The number of fused-ring (bicyclic) bond motifs is 1. The first-order valence-corrected chi connectivity index (χ1v) is 6.96. The first kappa shape index (κ1) is 14.1. The fourth-order valence-corrected chi connectivity index (χ4v) is 3.36. The molecule has 104 valence electrons. The third-order valence-corrected chi connectivity index (χ3v) is 4.96. The highest BCUT2D eigenvalue weighted by molar-refractivity contribution is 5.54. The molecule has 0 saturated heterocycles. The van der Waals surface area contributed by atoms with Gasteiger partial charge in [-0.2, -0.15) is 0 Å². The fraction of sp³-hybridized carbons (Fsp3) is 0.588. The maximum atomic E-state index is 10.6. The van der Waals surface area contributed by atoms with Crippen LogP contribution in [0.25, 0.3) is 0 Å². The van der Waals surface area contributed by atoms with Gasteiger partial charge in [-0.15, -0.1) is 0 Å². The molecule has 0 aliphatic heterocycles. The molecule has 19 heavy (non-hydrogen) atoms. The van der Waals surface area contributed by atoms with Crippen LogP contribution in [0, 0.1) is 12.8 Å². The number of hydrogen-bond donors (Lipinski definition) is 0. The predicted molar refractivity (Wildman–Crippen MR) is 77.7 cm³/mol. The minimum Gasteiger partial charge on any atom is -0.428 e. The van der Waals surface area contributed by atoms with Crippen molar-refractivity contribution in [2.24, 2.45) is 5.92 Å². The van der Waals surface area contributed by atoms with Gasteiger partial charge in [0.1, 0.15) is 5.75 Å². The van der Waals surface area contributed by atoms with E-state index in [1.807, 2.05) is 6.92 Å². The molecule has 2 heteroatoms. The van der Waals surface area contributed by atoms with Crippen molar-refractivity contribution in [3.8, 4) is 5.75 Å². The van der Waals surface area contributed by atoms with Crippen LogP contribution in [-0.2, 0) is 15.6 Å². The van der Waals surface area contributed by atoms with Gasteiger partial charge in [-0.3, -0.25) is 4.79 Å². The Morgan fingerprint density at radius 1 is 1.21 bits per heavy atom. The van der Waals surface area contributed by atoms with Gasteiger partial charge in [-0.1, -0.05) is 40.7 Å². The smallest absolute Gasteiger partial charge is 0.298 e. The van der Waals surface area contributed by atoms with Crippen molar-refractivity contribution in [1.82, 2.24) is 0 Å². The summed E-state index contributed by atoms with van der Waals surface area (Å²) < 4.78 is 5.12. The lowest BCUT2D eigenvalue weighted by Gasteiger charge is -2.46. The maximum Gasteiger partial charge on any atom is 0.298 e. The van der Waals surface area contributed by atoms with Crippen molar-refractivity contribution in [3.05, 3.63) is 28.8 Å². The van der Waals surface area contributed by atoms with E-state index < -0.39 is 0 Å². The molecular formula is C17H24O2. The van der Waals surface area contributed by atoms with Crippen molar-refractivity contribution >= 4 is 6.47 Å². The van der Waals surface area contributed by atoms with E-state index in [0.717, 1.165) is 5.56 Å². The number of hydrogen-bond acceptors (Lipinski definition) is 2. The van der Waals surface area contributed by atoms with Crippen molar-refractivity contribution in [1.29, 1.82) is 0 Å². The molecule has 1 aliphatic rings. The summed E-state index contributed by atoms with van der Waals surface area (Å²) in [5, 5.41) is 0. The van der Waals surface area contributed by atoms with E-state index in [1.165, 1.54) is 17.5 Å². The molecule has 0 radical (unpaired) electrons. The standard InChI is InChI=1S/C17H24O2/c1-11-7-13-14(8-15(11)19-10-18)17(5,6)12(2)9-16(13,3)4/h7-8,10,12H,9H2,1-6H3. The van der Waals surface area contributed by atoms with Crippen LogP contribution in [0.5, 0.6) is 5.75 Å². The number of ether oxygens (including phenoxy) is 1. The van der Waals surface area contributed by atoms with Crippen LogP contribution in [0.4, 0.5) is 0 Å². The van der Waals surface area contributed by atoms with Gasteiger partial charge in [0.25, 0.3) is 6.47 Å². The average Bonchev–Trinajstić information content (AvgIpc) is 2.29. The van der Waals surface area contributed by atoms with Crippen LogP contribution in [0.1, 0.15) is 57.7 Å². The topological polar surface area (TPSA) is 26.3 Å². The summed E-state index contributed by atoms with van der Waals surface area (Å²) in [5.41, 5.74) is 4.03. The minimum absolute atomic E-state index is 0.111. The van der Waals surface area contributed by atoms with Gasteiger partial charge in [-0.05, 0) is 52.8 Å². The SMILES string of the molecule is Cc1cc2c(cc1OC=O)C(C)(C)C(C)CC2(C)C. The molecule has 1 atom stereocenters. The van der Waals surface area contributed by atoms with Crippen molar-refractivity contribution in [3.63, 3.8) is 0 Å². The van der Waals surface area contributed by atoms with E-state index in [-0.39, 0.29) is 10.8 Å².